The number of hydrogen-bond donors (Lipinski definition) is 1. The zero-order chi connectivity index (χ0) is 9.10. The highest BCUT2D eigenvalue weighted by Gasteiger charge is 2.26. The molecule has 1 aliphatic carbocycles. The van der Waals surface area contributed by atoms with Gasteiger partial charge in [-0.2, -0.15) is 0 Å². The predicted molar refractivity (Wildman–Crippen MR) is 53.5 cm³/mol. The van der Waals surface area contributed by atoms with Gasteiger partial charge >= 0.3 is 0 Å². The van der Waals surface area contributed by atoms with Gasteiger partial charge in [0.05, 0.1) is 6.61 Å². The molecule has 1 saturated heterocycles. The summed E-state index contributed by atoms with van der Waals surface area (Å²) in [5.74, 6) is 1.73. The van der Waals surface area contributed by atoms with Gasteiger partial charge in [0.15, 0.2) is 0 Å². The van der Waals surface area contributed by atoms with Crippen LogP contribution in [0, 0.1) is 11.8 Å². The second-order valence-corrected chi connectivity index (χ2v) is 4.67. The van der Waals surface area contributed by atoms with Crippen LogP contribution in [0.3, 0.4) is 0 Å². The molecule has 1 heterocycles. The summed E-state index contributed by atoms with van der Waals surface area (Å²) in [4.78, 5) is 0. The standard InChI is InChI=1S/C11H21NO/c12-11-8-13-6-5-10(11)7-9-3-1-2-4-9/h9-11H,1-8,12H2. The van der Waals surface area contributed by atoms with E-state index < -0.39 is 0 Å². The van der Waals surface area contributed by atoms with E-state index in [1.165, 1.54) is 38.5 Å². The molecule has 1 aliphatic heterocycles. The molecule has 2 nitrogen and oxygen atoms in total. The van der Waals surface area contributed by atoms with Crippen molar-refractivity contribution in [3.8, 4) is 0 Å². The van der Waals surface area contributed by atoms with Crippen molar-refractivity contribution in [1.29, 1.82) is 0 Å². The van der Waals surface area contributed by atoms with Gasteiger partial charge in [0, 0.05) is 12.6 Å². The predicted octanol–water partition coefficient (Wildman–Crippen LogP) is 1.93. The molecule has 2 atom stereocenters. The Morgan fingerprint density at radius 2 is 1.92 bits per heavy atom. The summed E-state index contributed by atoms with van der Waals surface area (Å²) in [7, 11) is 0. The van der Waals surface area contributed by atoms with E-state index in [4.69, 9.17) is 10.5 Å². The second-order valence-electron chi connectivity index (χ2n) is 4.67. The molecule has 2 rings (SSSR count). The molecule has 0 amide bonds. The summed E-state index contributed by atoms with van der Waals surface area (Å²) in [5.41, 5.74) is 6.03. The first-order chi connectivity index (χ1) is 6.36. The molecule has 2 N–H and O–H groups in total. The molecule has 2 fully saturated rings. The summed E-state index contributed by atoms with van der Waals surface area (Å²) in [6.45, 7) is 1.72. The summed E-state index contributed by atoms with van der Waals surface area (Å²) < 4.78 is 5.35. The molecule has 0 aromatic carbocycles. The van der Waals surface area contributed by atoms with E-state index in [-0.39, 0.29) is 0 Å². The Morgan fingerprint density at radius 3 is 2.62 bits per heavy atom. The molecule has 0 spiro atoms. The Bertz CT molecular complexity index is 154. The van der Waals surface area contributed by atoms with Gasteiger partial charge in [0.2, 0.25) is 0 Å². The van der Waals surface area contributed by atoms with Crippen molar-refractivity contribution in [2.24, 2.45) is 17.6 Å². The minimum atomic E-state index is 0.314. The zero-order valence-electron chi connectivity index (χ0n) is 8.37. The Labute approximate surface area is 80.8 Å². The number of hydrogen-bond acceptors (Lipinski definition) is 2. The van der Waals surface area contributed by atoms with E-state index in [0.29, 0.717) is 6.04 Å². The SMILES string of the molecule is NC1COCCC1CC1CCCC1. The van der Waals surface area contributed by atoms with Crippen molar-refractivity contribution in [3.05, 3.63) is 0 Å². The van der Waals surface area contributed by atoms with Crippen LogP contribution in [0.4, 0.5) is 0 Å². The summed E-state index contributed by atoms with van der Waals surface area (Å²) in [6.07, 6.45) is 8.35. The fourth-order valence-corrected chi connectivity index (χ4v) is 2.77. The third-order valence-corrected chi connectivity index (χ3v) is 3.66. The number of nitrogens with two attached hydrogens (primary N) is 1. The molecule has 2 unspecified atom stereocenters. The van der Waals surface area contributed by atoms with E-state index >= 15 is 0 Å². The fourth-order valence-electron chi connectivity index (χ4n) is 2.77. The van der Waals surface area contributed by atoms with E-state index in [1.54, 1.807) is 0 Å². The van der Waals surface area contributed by atoms with Crippen LogP contribution < -0.4 is 5.73 Å². The molecular weight excluding hydrogens is 162 g/mol. The Kier molecular flexibility index (Phi) is 3.23. The van der Waals surface area contributed by atoms with E-state index in [0.717, 1.165) is 25.0 Å². The topological polar surface area (TPSA) is 35.2 Å². The van der Waals surface area contributed by atoms with Crippen molar-refractivity contribution in [3.63, 3.8) is 0 Å². The fraction of sp³-hybridized carbons (Fsp3) is 1.00. The highest BCUT2D eigenvalue weighted by Crippen LogP contribution is 2.33. The van der Waals surface area contributed by atoms with Crippen LogP contribution in [-0.2, 0) is 4.74 Å². The van der Waals surface area contributed by atoms with Gasteiger partial charge in [0.25, 0.3) is 0 Å². The molecule has 0 aromatic heterocycles. The van der Waals surface area contributed by atoms with Crippen LogP contribution in [0.5, 0.6) is 0 Å². The van der Waals surface area contributed by atoms with Crippen molar-refractivity contribution >= 4 is 0 Å². The van der Waals surface area contributed by atoms with Crippen molar-refractivity contribution in [2.45, 2.75) is 44.6 Å². The van der Waals surface area contributed by atoms with Crippen LogP contribution in [-0.4, -0.2) is 19.3 Å². The van der Waals surface area contributed by atoms with Crippen molar-refractivity contribution in [1.82, 2.24) is 0 Å². The largest absolute Gasteiger partial charge is 0.380 e. The van der Waals surface area contributed by atoms with Crippen LogP contribution in [0.1, 0.15) is 38.5 Å². The smallest absolute Gasteiger partial charge is 0.0620 e. The third-order valence-electron chi connectivity index (χ3n) is 3.66. The summed E-state index contributed by atoms with van der Waals surface area (Å²) in [5, 5.41) is 0. The number of rotatable bonds is 2. The number of ether oxygens (including phenoxy) is 1. The van der Waals surface area contributed by atoms with Gasteiger partial charge in [-0.05, 0) is 24.7 Å². The molecule has 76 valence electrons. The lowest BCUT2D eigenvalue weighted by Gasteiger charge is -2.30. The van der Waals surface area contributed by atoms with E-state index in [9.17, 15) is 0 Å². The first kappa shape index (κ1) is 9.47. The maximum atomic E-state index is 6.03. The molecule has 0 radical (unpaired) electrons. The molecule has 0 aromatic rings. The highest BCUT2D eigenvalue weighted by atomic mass is 16.5. The summed E-state index contributed by atoms with van der Waals surface area (Å²) in [6, 6.07) is 0.314. The van der Waals surface area contributed by atoms with Gasteiger partial charge in [-0.1, -0.05) is 25.7 Å². The first-order valence-electron chi connectivity index (χ1n) is 5.69. The lowest BCUT2D eigenvalue weighted by molar-refractivity contribution is 0.0414. The van der Waals surface area contributed by atoms with E-state index in [2.05, 4.69) is 0 Å². The van der Waals surface area contributed by atoms with Crippen LogP contribution in [0.25, 0.3) is 0 Å². The average molecular weight is 183 g/mol. The van der Waals surface area contributed by atoms with Gasteiger partial charge < -0.3 is 10.5 Å². The Balaban J connectivity index is 1.78. The summed E-state index contributed by atoms with van der Waals surface area (Å²) >= 11 is 0. The lowest BCUT2D eigenvalue weighted by atomic mass is 9.85. The van der Waals surface area contributed by atoms with Gasteiger partial charge in [0.1, 0.15) is 0 Å². The monoisotopic (exact) mass is 183 g/mol. The van der Waals surface area contributed by atoms with E-state index in [1.807, 2.05) is 0 Å². The van der Waals surface area contributed by atoms with Gasteiger partial charge in [-0.25, -0.2) is 0 Å². The molecular formula is C11H21NO. The van der Waals surface area contributed by atoms with Crippen molar-refractivity contribution < 1.29 is 4.74 Å². The quantitative estimate of drug-likeness (QED) is 0.710. The average Bonchev–Trinajstić information content (AvgIpc) is 2.61. The van der Waals surface area contributed by atoms with Crippen LogP contribution in [0.15, 0.2) is 0 Å². The van der Waals surface area contributed by atoms with Crippen molar-refractivity contribution in [2.75, 3.05) is 13.2 Å². The maximum Gasteiger partial charge on any atom is 0.0620 e. The molecule has 1 saturated carbocycles. The zero-order valence-corrected chi connectivity index (χ0v) is 8.37. The Morgan fingerprint density at radius 1 is 1.15 bits per heavy atom. The Hall–Kier alpha value is -0.0800. The molecule has 2 heteroatoms. The van der Waals surface area contributed by atoms with Gasteiger partial charge in [-0.15, -0.1) is 0 Å². The highest BCUT2D eigenvalue weighted by molar-refractivity contribution is 4.80. The normalized spacial score (nSPS) is 36.7. The maximum absolute atomic E-state index is 6.03. The molecule has 13 heavy (non-hydrogen) atoms. The second kappa shape index (κ2) is 4.43. The van der Waals surface area contributed by atoms with Crippen LogP contribution >= 0.6 is 0 Å². The molecule has 2 aliphatic rings. The minimum absolute atomic E-state index is 0.314. The molecule has 0 bridgehead atoms. The minimum Gasteiger partial charge on any atom is -0.380 e. The lowest BCUT2D eigenvalue weighted by Crippen LogP contribution is -2.40. The van der Waals surface area contributed by atoms with Crippen LogP contribution in [0.2, 0.25) is 0 Å². The third kappa shape index (κ3) is 2.44. The first-order valence-corrected chi connectivity index (χ1v) is 5.69. The van der Waals surface area contributed by atoms with Gasteiger partial charge in [-0.3, -0.25) is 0 Å².